The van der Waals surface area contributed by atoms with E-state index in [0.29, 0.717) is 62.9 Å². The van der Waals surface area contributed by atoms with E-state index in [0.717, 1.165) is 16.3 Å². The normalized spacial score (nSPS) is 15.8. The van der Waals surface area contributed by atoms with Crippen molar-refractivity contribution in [2.75, 3.05) is 43.6 Å². The first-order valence-corrected chi connectivity index (χ1v) is 14.2. The fourth-order valence-corrected chi connectivity index (χ4v) is 6.59. The largest absolute Gasteiger partial charge is 0.493 e. The van der Waals surface area contributed by atoms with Gasteiger partial charge in [0, 0.05) is 29.1 Å². The first-order valence-electron chi connectivity index (χ1n) is 13.6. The second-order valence-corrected chi connectivity index (χ2v) is 10.7. The van der Waals surface area contributed by atoms with Crippen molar-refractivity contribution in [2.45, 2.75) is 5.92 Å². The smallest absolute Gasteiger partial charge is 0.274 e. The summed E-state index contributed by atoms with van der Waals surface area (Å²) in [6.45, 7) is 0.326. The summed E-state index contributed by atoms with van der Waals surface area (Å²) in [5.41, 5.74) is 3.52. The Balaban J connectivity index is 1.39. The fraction of sp³-hybridized carbons (Fsp3) is 0.182. The number of anilines is 2. The van der Waals surface area contributed by atoms with E-state index in [1.54, 1.807) is 47.4 Å². The number of nitrogens with one attached hydrogen (secondary N) is 1. The molecular formula is C33H26ClN3O6. The number of hydrogen-bond acceptors (Lipinski definition) is 6. The third-order valence-corrected chi connectivity index (χ3v) is 8.63. The van der Waals surface area contributed by atoms with Gasteiger partial charge in [-0.3, -0.25) is 14.4 Å². The molecule has 1 unspecified atom stereocenters. The van der Waals surface area contributed by atoms with Crippen molar-refractivity contribution >= 4 is 62.4 Å². The molecule has 4 aromatic carbocycles. The van der Waals surface area contributed by atoms with Crippen LogP contribution in [0.15, 0.2) is 66.7 Å². The van der Waals surface area contributed by atoms with Crippen LogP contribution < -0.4 is 24.0 Å². The number of amides is 3. The van der Waals surface area contributed by atoms with E-state index in [2.05, 4.69) is 4.98 Å². The van der Waals surface area contributed by atoms with Crippen LogP contribution in [0, 0.1) is 0 Å². The maximum Gasteiger partial charge on any atom is 0.274 e. The quantitative estimate of drug-likeness (QED) is 0.187. The van der Waals surface area contributed by atoms with Gasteiger partial charge in [-0.05, 0) is 41.3 Å². The molecule has 0 spiro atoms. The van der Waals surface area contributed by atoms with Crippen LogP contribution in [0.25, 0.3) is 21.7 Å². The van der Waals surface area contributed by atoms with Crippen LogP contribution in [0.5, 0.6) is 17.2 Å². The topological polar surface area (TPSA) is 101 Å². The molecule has 0 aliphatic carbocycles. The Bertz CT molecular complexity index is 1970. The molecule has 1 atom stereocenters. The zero-order valence-electron chi connectivity index (χ0n) is 23.6. The van der Waals surface area contributed by atoms with Crippen LogP contribution in [0.3, 0.4) is 0 Å². The molecule has 1 aromatic heterocycles. The Morgan fingerprint density at radius 3 is 2.14 bits per heavy atom. The lowest BCUT2D eigenvalue weighted by Crippen LogP contribution is -2.31. The standard InChI is InChI=1S/C33H26ClN3O6/c1-41-26-13-17-12-23(35-28(17)30(43-3)29(26)42-2)33(40)36-16-18(15-34)27-20-9-5-4-8-19(20)24(14-25(27)36)37-31(38)21-10-6-7-11-22(21)32(37)39/h4-14,18,35H,15-16H2,1-3H3. The second-order valence-electron chi connectivity index (χ2n) is 10.4. The Hall–Kier alpha value is -5.02. The molecule has 3 heterocycles. The van der Waals surface area contributed by atoms with E-state index in [4.69, 9.17) is 25.8 Å². The van der Waals surface area contributed by atoms with Gasteiger partial charge in [0.1, 0.15) is 5.69 Å². The van der Waals surface area contributed by atoms with E-state index in [9.17, 15) is 14.4 Å². The predicted octanol–water partition coefficient (Wildman–Crippen LogP) is 6.13. The van der Waals surface area contributed by atoms with E-state index >= 15 is 0 Å². The minimum absolute atomic E-state index is 0.166. The van der Waals surface area contributed by atoms with Crippen molar-refractivity contribution in [3.63, 3.8) is 0 Å². The molecule has 3 amide bonds. The Morgan fingerprint density at radius 2 is 1.51 bits per heavy atom. The van der Waals surface area contributed by atoms with Gasteiger partial charge in [-0.2, -0.15) is 0 Å². The van der Waals surface area contributed by atoms with Crippen molar-refractivity contribution in [1.82, 2.24) is 4.98 Å². The average molecular weight is 596 g/mol. The highest BCUT2D eigenvalue weighted by Crippen LogP contribution is 2.48. The fourth-order valence-electron chi connectivity index (χ4n) is 6.34. The SMILES string of the molecule is COc1cc2cc(C(=O)N3CC(CCl)c4c3cc(N3C(=O)c5ccccc5C3=O)c3ccccc43)[nH]c2c(OC)c1OC. The number of H-pyrrole nitrogens is 1. The number of alkyl halides is 1. The van der Waals surface area contributed by atoms with Gasteiger partial charge in [0.05, 0.1) is 49.3 Å². The number of fused-ring (bicyclic) bond motifs is 5. The van der Waals surface area contributed by atoms with Crippen molar-refractivity contribution in [1.29, 1.82) is 0 Å². The van der Waals surface area contributed by atoms with Gasteiger partial charge in [-0.1, -0.05) is 36.4 Å². The number of rotatable bonds is 6. The number of ether oxygens (including phenoxy) is 3. The Labute approximate surface area is 251 Å². The number of aromatic amines is 1. The van der Waals surface area contributed by atoms with Crippen molar-refractivity contribution in [3.8, 4) is 17.2 Å². The zero-order valence-corrected chi connectivity index (χ0v) is 24.3. The monoisotopic (exact) mass is 595 g/mol. The molecular weight excluding hydrogens is 570 g/mol. The lowest BCUT2D eigenvalue weighted by molar-refractivity contribution is 0.0925. The van der Waals surface area contributed by atoms with Crippen molar-refractivity contribution in [2.24, 2.45) is 0 Å². The number of carbonyl (C=O) groups is 3. The van der Waals surface area contributed by atoms with Crippen LogP contribution >= 0.6 is 11.6 Å². The predicted molar refractivity (Wildman–Crippen MR) is 165 cm³/mol. The molecule has 0 radical (unpaired) electrons. The lowest BCUT2D eigenvalue weighted by atomic mass is 9.94. The highest BCUT2D eigenvalue weighted by Gasteiger charge is 2.41. The summed E-state index contributed by atoms with van der Waals surface area (Å²) in [5, 5.41) is 2.27. The van der Waals surface area contributed by atoms with Gasteiger partial charge in [0.2, 0.25) is 5.75 Å². The number of halogens is 1. The molecule has 0 saturated carbocycles. The number of hydrogen-bond donors (Lipinski definition) is 1. The van der Waals surface area contributed by atoms with Gasteiger partial charge in [-0.25, -0.2) is 4.90 Å². The van der Waals surface area contributed by atoms with Gasteiger partial charge < -0.3 is 24.1 Å². The number of carbonyl (C=O) groups excluding carboxylic acids is 3. The molecule has 216 valence electrons. The lowest BCUT2D eigenvalue weighted by Gasteiger charge is -2.22. The molecule has 2 aliphatic heterocycles. The first kappa shape index (κ1) is 26.9. The molecule has 9 nitrogen and oxygen atoms in total. The molecule has 2 aliphatic rings. The van der Waals surface area contributed by atoms with E-state index < -0.39 is 11.8 Å². The molecule has 1 N–H and O–H groups in total. The summed E-state index contributed by atoms with van der Waals surface area (Å²) in [4.78, 5) is 47.4. The van der Waals surface area contributed by atoms with Gasteiger partial charge in [-0.15, -0.1) is 11.6 Å². The Morgan fingerprint density at radius 1 is 0.860 bits per heavy atom. The summed E-state index contributed by atoms with van der Waals surface area (Å²) in [6, 6.07) is 19.6. The van der Waals surface area contributed by atoms with Gasteiger partial charge in [0.25, 0.3) is 17.7 Å². The van der Waals surface area contributed by atoms with Crippen LogP contribution in [0.2, 0.25) is 0 Å². The van der Waals surface area contributed by atoms with Crippen molar-refractivity contribution < 1.29 is 28.6 Å². The number of imide groups is 1. The third kappa shape index (κ3) is 3.81. The van der Waals surface area contributed by atoms with Crippen LogP contribution in [-0.4, -0.2) is 56.5 Å². The van der Waals surface area contributed by atoms with Crippen LogP contribution in [-0.2, 0) is 0 Å². The number of aromatic nitrogens is 1. The molecule has 0 saturated heterocycles. The molecule has 43 heavy (non-hydrogen) atoms. The molecule has 7 rings (SSSR count). The minimum atomic E-state index is -0.402. The van der Waals surface area contributed by atoms with Crippen LogP contribution in [0.4, 0.5) is 11.4 Å². The first-order chi connectivity index (χ1) is 20.9. The summed E-state index contributed by atoms with van der Waals surface area (Å²) in [5.74, 6) is 0.300. The molecule has 0 fully saturated rings. The van der Waals surface area contributed by atoms with E-state index in [1.165, 1.54) is 26.2 Å². The van der Waals surface area contributed by atoms with Crippen LogP contribution in [0.1, 0.15) is 42.7 Å². The summed E-state index contributed by atoms with van der Waals surface area (Å²) < 4.78 is 16.6. The minimum Gasteiger partial charge on any atom is -0.493 e. The second kappa shape index (κ2) is 10.1. The van der Waals surface area contributed by atoms with E-state index in [1.807, 2.05) is 24.3 Å². The maximum absolute atomic E-state index is 14.2. The van der Waals surface area contributed by atoms with E-state index in [-0.39, 0.29) is 17.7 Å². The zero-order chi connectivity index (χ0) is 30.0. The number of nitrogens with zero attached hydrogens (tertiary/aromatic N) is 2. The Kier molecular flexibility index (Phi) is 6.28. The van der Waals surface area contributed by atoms with Gasteiger partial charge in [0.15, 0.2) is 11.5 Å². The summed E-state index contributed by atoms with van der Waals surface area (Å²) in [6.07, 6.45) is 0. The summed E-state index contributed by atoms with van der Waals surface area (Å²) >= 11 is 6.49. The molecule has 5 aromatic rings. The average Bonchev–Trinajstić information content (AvgIpc) is 3.71. The highest BCUT2D eigenvalue weighted by atomic mass is 35.5. The number of benzene rings is 4. The molecule has 10 heteroatoms. The maximum atomic E-state index is 14.2. The van der Waals surface area contributed by atoms with Gasteiger partial charge >= 0.3 is 0 Å². The highest BCUT2D eigenvalue weighted by molar-refractivity contribution is 6.36. The summed E-state index contributed by atoms with van der Waals surface area (Å²) in [7, 11) is 4.57. The molecule has 0 bridgehead atoms. The van der Waals surface area contributed by atoms with Crippen molar-refractivity contribution in [3.05, 3.63) is 89.1 Å². The number of methoxy groups -OCH3 is 3. The third-order valence-electron chi connectivity index (χ3n) is 8.26.